The monoisotopic (exact) mass is 414 g/mol. The molecule has 160 valence electrons. The van der Waals surface area contributed by atoms with Crippen LogP contribution in [0, 0.1) is 0 Å². The molecule has 0 unspecified atom stereocenters. The van der Waals surface area contributed by atoms with Crippen molar-refractivity contribution in [3.8, 4) is 17.2 Å². The molecule has 2 amide bonds. The zero-order chi connectivity index (χ0) is 21.8. The second-order valence-corrected chi connectivity index (χ2v) is 6.27. The summed E-state index contributed by atoms with van der Waals surface area (Å²) in [6, 6.07) is 13.4. The summed E-state index contributed by atoms with van der Waals surface area (Å²) in [6.45, 7) is 4.48. The van der Waals surface area contributed by atoms with Gasteiger partial charge >= 0.3 is 5.97 Å². The molecule has 0 aliphatic carbocycles. The van der Waals surface area contributed by atoms with Crippen LogP contribution in [0.1, 0.15) is 30.6 Å². The van der Waals surface area contributed by atoms with Crippen molar-refractivity contribution in [2.45, 2.75) is 20.3 Å². The second kappa shape index (κ2) is 12.1. The molecule has 8 nitrogen and oxygen atoms in total. The fourth-order valence-electron chi connectivity index (χ4n) is 2.49. The summed E-state index contributed by atoms with van der Waals surface area (Å²) in [6.07, 6.45) is 0.560. The van der Waals surface area contributed by atoms with Gasteiger partial charge in [0.1, 0.15) is 17.2 Å². The molecule has 0 radical (unpaired) electrons. The first-order chi connectivity index (χ1) is 14.5. The zero-order valence-corrected chi connectivity index (χ0v) is 17.1. The molecule has 8 heteroatoms. The predicted octanol–water partition coefficient (Wildman–Crippen LogP) is 2.33. The molecule has 0 aliphatic heterocycles. The van der Waals surface area contributed by atoms with E-state index in [2.05, 4.69) is 10.6 Å². The number of benzene rings is 2. The first-order valence-electron chi connectivity index (χ1n) is 9.67. The predicted molar refractivity (Wildman–Crippen MR) is 111 cm³/mol. The molecule has 2 N–H and O–H groups in total. The number of nitrogens with one attached hydrogen (secondary N) is 2. The van der Waals surface area contributed by atoms with E-state index in [1.54, 1.807) is 42.5 Å². The highest BCUT2D eigenvalue weighted by atomic mass is 16.5. The highest BCUT2D eigenvalue weighted by Gasteiger charge is 2.08. The van der Waals surface area contributed by atoms with Crippen molar-refractivity contribution in [3.05, 3.63) is 54.1 Å². The topological polar surface area (TPSA) is 103 Å². The number of rotatable bonds is 11. The van der Waals surface area contributed by atoms with Crippen molar-refractivity contribution in [1.82, 2.24) is 10.6 Å². The van der Waals surface area contributed by atoms with Crippen molar-refractivity contribution in [3.63, 3.8) is 0 Å². The van der Waals surface area contributed by atoms with Crippen LogP contribution in [0.25, 0.3) is 0 Å². The summed E-state index contributed by atoms with van der Waals surface area (Å²) in [5, 5.41) is 5.48. The molecule has 2 aromatic rings. The van der Waals surface area contributed by atoms with E-state index < -0.39 is 5.97 Å². The molecule has 0 heterocycles. The van der Waals surface area contributed by atoms with E-state index in [1.165, 1.54) is 13.0 Å². The number of carbonyl (C=O) groups excluding carboxylic acids is 3. The smallest absolute Gasteiger partial charge is 0.308 e. The van der Waals surface area contributed by atoms with E-state index in [4.69, 9.17) is 14.2 Å². The Balaban J connectivity index is 1.62. The third-order valence-corrected chi connectivity index (χ3v) is 3.82. The first-order valence-corrected chi connectivity index (χ1v) is 9.67. The minimum Gasteiger partial charge on any atom is -0.494 e. The minimum absolute atomic E-state index is 0.0940. The van der Waals surface area contributed by atoms with E-state index in [0.717, 1.165) is 5.75 Å². The molecule has 0 aromatic heterocycles. The largest absolute Gasteiger partial charge is 0.494 e. The fraction of sp³-hybridized carbons (Fsp3) is 0.318. The van der Waals surface area contributed by atoms with Crippen LogP contribution < -0.4 is 24.8 Å². The summed E-state index contributed by atoms with van der Waals surface area (Å²) >= 11 is 0. The molecule has 0 saturated heterocycles. The van der Waals surface area contributed by atoms with Crippen molar-refractivity contribution in [2.24, 2.45) is 0 Å². The average molecular weight is 414 g/mol. The number of hydrogen-bond donors (Lipinski definition) is 2. The van der Waals surface area contributed by atoms with Crippen LogP contribution in [0.5, 0.6) is 17.2 Å². The number of carbonyl (C=O) groups is 3. The molecule has 2 aromatic carbocycles. The van der Waals surface area contributed by atoms with Crippen molar-refractivity contribution in [2.75, 3.05) is 26.3 Å². The zero-order valence-electron chi connectivity index (χ0n) is 17.1. The second-order valence-electron chi connectivity index (χ2n) is 6.27. The number of esters is 1. The molecule has 0 atom stereocenters. The standard InChI is InChI=1S/C22H26N2O6/c1-3-28-18-8-10-19(11-9-18)29-15-21(26)23-12-5-13-24-22(27)17-6-4-7-20(14-17)30-16(2)25/h4,6-11,14H,3,5,12-13,15H2,1-2H3,(H,23,26)(H,24,27). The van der Waals surface area contributed by atoms with Crippen molar-refractivity contribution >= 4 is 17.8 Å². The fourth-order valence-corrected chi connectivity index (χ4v) is 2.49. The van der Waals surface area contributed by atoms with E-state index in [-0.39, 0.29) is 18.4 Å². The Bertz CT molecular complexity index is 851. The van der Waals surface area contributed by atoms with Crippen LogP contribution in [0.15, 0.2) is 48.5 Å². The minimum atomic E-state index is -0.449. The van der Waals surface area contributed by atoms with E-state index in [9.17, 15) is 14.4 Å². The van der Waals surface area contributed by atoms with Gasteiger partial charge in [-0.3, -0.25) is 14.4 Å². The van der Waals surface area contributed by atoms with E-state index >= 15 is 0 Å². The highest BCUT2D eigenvalue weighted by Crippen LogP contribution is 2.17. The van der Waals surface area contributed by atoms with Gasteiger partial charge in [0.15, 0.2) is 6.61 Å². The van der Waals surface area contributed by atoms with Crippen LogP contribution in [0.2, 0.25) is 0 Å². The van der Waals surface area contributed by atoms with Gasteiger partial charge in [0.05, 0.1) is 6.61 Å². The van der Waals surface area contributed by atoms with Gasteiger partial charge in [-0.25, -0.2) is 0 Å². The highest BCUT2D eigenvalue weighted by molar-refractivity contribution is 5.94. The molecule has 0 aliphatic rings. The lowest BCUT2D eigenvalue weighted by Gasteiger charge is -2.09. The summed E-state index contributed by atoms with van der Waals surface area (Å²) in [5.41, 5.74) is 0.390. The first kappa shape index (κ1) is 22.7. The van der Waals surface area contributed by atoms with Crippen LogP contribution in [0.4, 0.5) is 0 Å². The average Bonchev–Trinajstić information content (AvgIpc) is 2.73. The summed E-state index contributed by atoms with van der Waals surface area (Å²) in [7, 11) is 0. The Morgan fingerprint density at radius 3 is 2.20 bits per heavy atom. The van der Waals surface area contributed by atoms with Gasteiger partial charge in [-0.2, -0.15) is 0 Å². The van der Waals surface area contributed by atoms with Gasteiger partial charge in [0.25, 0.3) is 11.8 Å². The quantitative estimate of drug-likeness (QED) is 0.332. The Kier molecular flexibility index (Phi) is 9.18. The molecule has 2 rings (SSSR count). The number of amides is 2. The van der Waals surface area contributed by atoms with Crippen LogP contribution >= 0.6 is 0 Å². The molecule has 30 heavy (non-hydrogen) atoms. The van der Waals surface area contributed by atoms with Gasteiger partial charge in [-0.1, -0.05) is 6.07 Å². The number of hydrogen-bond acceptors (Lipinski definition) is 6. The van der Waals surface area contributed by atoms with E-state index in [0.29, 0.717) is 43.2 Å². The lowest BCUT2D eigenvalue weighted by atomic mass is 10.2. The van der Waals surface area contributed by atoms with Crippen molar-refractivity contribution < 1.29 is 28.6 Å². The lowest BCUT2D eigenvalue weighted by Crippen LogP contribution is -2.32. The van der Waals surface area contributed by atoms with Crippen LogP contribution in [-0.2, 0) is 9.59 Å². The third-order valence-electron chi connectivity index (χ3n) is 3.82. The lowest BCUT2D eigenvalue weighted by molar-refractivity contribution is -0.131. The Hall–Kier alpha value is -3.55. The van der Waals surface area contributed by atoms with Gasteiger partial charge in [0, 0.05) is 25.6 Å². The van der Waals surface area contributed by atoms with Crippen LogP contribution in [0.3, 0.4) is 0 Å². The van der Waals surface area contributed by atoms with E-state index in [1.807, 2.05) is 6.92 Å². The SMILES string of the molecule is CCOc1ccc(OCC(=O)NCCCNC(=O)c2cccc(OC(C)=O)c2)cc1. The molecule has 0 saturated carbocycles. The molecule has 0 fully saturated rings. The molecule has 0 bridgehead atoms. The summed E-state index contributed by atoms with van der Waals surface area (Å²) in [5.74, 6) is 0.662. The maximum Gasteiger partial charge on any atom is 0.308 e. The van der Waals surface area contributed by atoms with Gasteiger partial charge in [-0.05, 0) is 55.8 Å². The molecule has 0 spiro atoms. The summed E-state index contributed by atoms with van der Waals surface area (Å²) in [4.78, 5) is 35.0. The molecular weight excluding hydrogens is 388 g/mol. The third kappa shape index (κ3) is 8.22. The molecular formula is C22H26N2O6. The van der Waals surface area contributed by atoms with Gasteiger partial charge < -0.3 is 24.8 Å². The normalized spacial score (nSPS) is 10.1. The Morgan fingerprint density at radius 1 is 0.867 bits per heavy atom. The maximum absolute atomic E-state index is 12.1. The van der Waals surface area contributed by atoms with Crippen molar-refractivity contribution in [1.29, 1.82) is 0 Å². The Morgan fingerprint density at radius 2 is 1.53 bits per heavy atom. The van der Waals surface area contributed by atoms with Crippen LogP contribution in [-0.4, -0.2) is 44.1 Å². The summed E-state index contributed by atoms with van der Waals surface area (Å²) < 4.78 is 15.7. The number of ether oxygens (including phenoxy) is 3. The Labute approximate surface area is 175 Å². The van der Waals surface area contributed by atoms with Gasteiger partial charge in [-0.15, -0.1) is 0 Å². The van der Waals surface area contributed by atoms with Gasteiger partial charge in [0.2, 0.25) is 0 Å². The maximum atomic E-state index is 12.1.